The molecule has 1 aromatic carbocycles. The Bertz CT molecular complexity index is 653. The van der Waals surface area contributed by atoms with Gasteiger partial charge in [-0.3, -0.25) is 0 Å². The third-order valence-corrected chi connectivity index (χ3v) is 3.42. The molecule has 0 aliphatic carbocycles. The molecule has 0 bridgehead atoms. The Balaban J connectivity index is 0.00000192. The number of benzene rings is 1. The number of nitrogens with zero attached hydrogens (tertiary/aromatic N) is 3. The van der Waals surface area contributed by atoms with Crippen LogP contribution in [0.3, 0.4) is 0 Å². The van der Waals surface area contributed by atoms with Crippen molar-refractivity contribution in [2.45, 2.75) is 6.61 Å². The molecule has 0 saturated carbocycles. The monoisotopic (exact) mass is 342 g/mol. The fraction of sp³-hybridized carbons (Fsp3) is 0.333. The summed E-state index contributed by atoms with van der Waals surface area (Å²) in [5.41, 5.74) is 0.135. The first-order valence-electron chi connectivity index (χ1n) is 7.08. The summed E-state index contributed by atoms with van der Waals surface area (Å²) in [5, 5.41) is 3.26. The van der Waals surface area contributed by atoms with E-state index in [1.165, 1.54) is 0 Å². The summed E-state index contributed by atoms with van der Waals surface area (Å²) >= 11 is 0. The van der Waals surface area contributed by atoms with E-state index < -0.39 is 11.6 Å². The smallest absolute Gasteiger partial charge is 0.318 e. The van der Waals surface area contributed by atoms with Gasteiger partial charge in [0, 0.05) is 37.9 Å². The minimum absolute atomic E-state index is 0. The number of hydrogen-bond acceptors (Lipinski definition) is 5. The number of ether oxygens (including phenoxy) is 1. The SMILES string of the molecule is Cl.Fc1ccc(F)c(COc2nccc(N3CCNCC3)n2)c1. The molecule has 0 amide bonds. The molecule has 1 aromatic heterocycles. The van der Waals surface area contributed by atoms with Crippen LogP contribution in [0, 0.1) is 11.6 Å². The zero-order valence-electron chi connectivity index (χ0n) is 12.3. The molecule has 0 spiro atoms. The minimum atomic E-state index is -0.514. The molecule has 2 heterocycles. The topological polar surface area (TPSA) is 50.3 Å². The first-order chi connectivity index (χ1) is 10.7. The molecule has 1 aliphatic heterocycles. The molecule has 2 aromatic rings. The zero-order valence-corrected chi connectivity index (χ0v) is 13.2. The van der Waals surface area contributed by atoms with Gasteiger partial charge in [0.05, 0.1) is 0 Å². The van der Waals surface area contributed by atoms with E-state index in [0.717, 1.165) is 50.2 Å². The second-order valence-electron chi connectivity index (χ2n) is 4.96. The number of piperazine rings is 1. The van der Waals surface area contributed by atoms with Gasteiger partial charge in [0.15, 0.2) is 0 Å². The van der Waals surface area contributed by atoms with Gasteiger partial charge in [0.25, 0.3) is 0 Å². The number of halogens is 3. The Morgan fingerprint density at radius 2 is 1.96 bits per heavy atom. The number of nitrogens with one attached hydrogen (secondary N) is 1. The summed E-state index contributed by atoms with van der Waals surface area (Å²) in [6.45, 7) is 3.39. The highest BCUT2D eigenvalue weighted by Crippen LogP contribution is 2.16. The maximum Gasteiger partial charge on any atom is 0.318 e. The van der Waals surface area contributed by atoms with Crippen LogP contribution in [0.15, 0.2) is 30.5 Å². The van der Waals surface area contributed by atoms with Crippen molar-refractivity contribution in [2.24, 2.45) is 0 Å². The third kappa shape index (κ3) is 4.49. The van der Waals surface area contributed by atoms with Crippen molar-refractivity contribution < 1.29 is 13.5 Å². The summed E-state index contributed by atoms with van der Waals surface area (Å²) < 4.78 is 32.0. The Labute approximate surface area is 139 Å². The van der Waals surface area contributed by atoms with E-state index in [1.54, 1.807) is 12.3 Å². The summed E-state index contributed by atoms with van der Waals surface area (Å²) in [6, 6.07) is 5.21. The van der Waals surface area contributed by atoms with Gasteiger partial charge >= 0.3 is 6.01 Å². The third-order valence-electron chi connectivity index (χ3n) is 3.42. The van der Waals surface area contributed by atoms with E-state index in [9.17, 15) is 8.78 Å². The lowest BCUT2D eigenvalue weighted by molar-refractivity contribution is 0.274. The van der Waals surface area contributed by atoms with Crippen LogP contribution in [0.5, 0.6) is 6.01 Å². The lowest BCUT2D eigenvalue weighted by Crippen LogP contribution is -2.43. The maximum atomic E-state index is 13.5. The molecule has 0 atom stereocenters. The normalized spacial score (nSPS) is 14.3. The van der Waals surface area contributed by atoms with E-state index in [-0.39, 0.29) is 30.6 Å². The van der Waals surface area contributed by atoms with Crippen LogP contribution < -0.4 is 15.0 Å². The number of aromatic nitrogens is 2. The van der Waals surface area contributed by atoms with E-state index in [4.69, 9.17) is 4.74 Å². The van der Waals surface area contributed by atoms with Crippen molar-refractivity contribution in [3.05, 3.63) is 47.7 Å². The Hall–Kier alpha value is -1.99. The van der Waals surface area contributed by atoms with Crippen molar-refractivity contribution >= 4 is 18.2 Å². The van der Waals surface area contributed by atoms with Crippen LogP contribution in [0.1, 0.15) is 5.56 Å². The van der Waals surface area contributed by atoms with Crippen LogP contribution in [-0.4, -0.2) is 36.1 Å². The minimum Gasteiger partial charge on any atom is -0.458 e. The molecule has 124 valence electrons. The van der Waals surface area contributed by atoms with Crippen molar-refractivity contribution in [1.82, 2.24) is 15.3 Å². The number of hydrogen-bond donors (Lipinski definition) is 1. The molecule has 1 N–H and O–H groups in total. The van der Waals surface area contributed by atoms with Gasteiger partial charge in [-0.2, -0.15) is 4.98 Å². The Kier molecular flexibility index (Phi) is 6.06. The highest BCUT2D eigenvalue weighted by molar-refractivity contribution is 5.85. The predicted octanol–water partition coefficient (Wildman–Crippen LogP) is 2.17. The first kappa shape index (κ1) is 17.4. The second-order valence-corrected chi connectivity index (χ2v) is 4.96. The molecular formula is C15H17ClF2N4O. The average molecular weight is 343 g/mol. The number of anilines is 1. The van der Waals surface area contributed by atoms with Gasteiger partial charge in [-0.05, 0) is 24.3 Å². The standard InChI is InChI=1S/C15H16F2N4O.ClH/c16-12-1-2-13(17)11(9-12)10-22-15-19-4-3-14(20-15)21-7-5-18-6-8-21;/h1-4,9,18H,5-8,10H2;1H. The van der Waals surface area contributed by atoms with E-state index in [0.29, 0.717) is 0 Å². The first-order valence-corrected chi connectivity index (χ1v) is 7.08. The molecule has 1 aliphatic rings. The molecule has 23 heavy (non-hydrogen) atoms. The molecule has 0 unspecified atom stereocenters. The molecule has 0 radical (unpaired) electrons. The predicted molar refractivity (Wildman–Crippen MR) is 85.1 cm³/mol. The maximum absolute atomic E-state index is 13.5. The molecule has 1 fully saturated rings. The van der Waals surface area contributed by atoms with Crippen molar-refractivity contribution in [1.29, 1.82) is 0 Å². The Morgan fingerprint density at radius 3 is 2.74 bits per heavy atom. The van der Waals surface area contributed by atoms with Gasteiger partial charge in [-0.15, -0.1) is 12.4 Å². The number of rotatable bonds is 4. The fourth-order valence-electron chi connectivity index (χ4n) is 2.27. The van der Waals surface area contributed by atoms with Crippen LogP contribution in [-0.2, 0) is 6.61 Å². The largest absolute Gasteiger partial charge is 0.458 e. The van der Waals surface area contributed by atoms with Crippen LogP contribution in [0.25, 0.3) is 0 Å². The van der Waals surface area contributed by atoms with Crippen LogP contribution in [0.4, 0.5) is 14.6 Å². The fourth-order valence-corrected chi connectivity index (χ4v) is 2.27. The van der Waals surface area contributed by atoms with Crippen molar-refractivity contribution in [3.63, 3.8) is 0 Å². The Morgan fingerprint density at radius 1 is 1.17 bits per heavy atom. The second kappa shape index (κ2) is 8.03. The summed E-state index contributed by atoms with van der Waals surface area (Å²) in [5.74, 6) is -0.249. The highest BCUT2D eigenvalue weighted by atomic mass is 35.5. The average Bonchev–Trinajstić information content (AvgIpc) is 2.57. The van der Waals surface area contributed by atoms with Gasteiger partial charge in [0.1, 0.15) is 24.1 Å². The van der Waals surface area contributed by atoms with Gasteiger partial charge in [0.2, 0.25) is 0 Å². The van der Waals surface area contributed by atoms with E-state index in [1.807, 2.05) is 0 Å². The van der Waals surface area contributed by atoms with Gasteiger partial charge in [-0.1, -0.05) is 0 Å². The quantitative estimate of drug-likeness (QED) is 0.923. The van der Waals surface area contributed by atoms with E-state index >= 15 is 0 Å². The summed E-state index contributed by atoms with van der Waals surface area (Å²) in [7, 11) is 0. The summed E-state index contributed by atoms with van der Waals surface area (Å²) in [6.07, 6.45) is 1.60. The van der Waals surface area contributed by atoms with Gasteiger partial charge in [-0.25, -0.2) is 13.8 Å². The highest BCUT2D eigenvalue weighted by Gasteiger charge is 2.13. The van der Waals surface area contributed by atoms with E-state index in [2.05, 4.69) is 20.2 Å². The lowest BCUT2D eigenvalue weighted by Gasteiger charge is -2.28. The molecular weight excluding hydrogens is 326 g/mol. The zero-order chi connectivity index (χ0) is 15.4. The van der Waals surface area contributed by atoms with Gasteiger partial charge < -0.3 is 15.0 Å². The molecule has 5 nitrogen and oxygen atoms in total. The van der Waals surface area contributed by atoms with Crippen LogP contribution in [0.2, 0.25) is 0 Å². The van der Waals surface area contributed by atoms with Crippen molar-refractivity contribution in [3.8, 4) is 6.01 Å². The van der Waals surface area contributed by atoms with Crippen LogP contribution >= 0.6 is 12.4 Å². The molecule has 8 heteroatoms. The molecule has 1 saturated heterocycles. The van der Waals surface area contributed by atoms with Crippen molar-refractivity contribution in [2.75, 3.05) is 31.1 Å². The molecule has 3 rings (SSSR count). The lowest BCUT2D eigenvalue weighted by atomic mass is 10.2. The summed E-state index contributed by atoms with van der Waals surface area (Å²) in [4.78, 5) is 10.4.